The van der Waals surface area contributed by atoms with Gasteiger partial charge in [-0.3, -0.25) is 29.2 Å². The Bertz CT molecular complexity index is 4790. The highest BCUT2D eigenvalue weighted by Crippen LogP contribution is 2.40. The smallest absolute Gasteiger partial charge is 0.354 e. The lowest BCUT2D eigenvalue weighted by atomic mass is 9.91. The van der Waals surface area contributed by atoms with Gasteiger partial charge in [-0.15, -0.1) is 11.6 Å². The summed E-state index contributed by atoms with van der Waals surface area (Å²) >= 11 is 17.7. The summed E-state index contributed by atoms with van der Waals surface area (Å²) in [6.45, 7) is 22.7. The summed E-state index contributed by atoms with van der Waals surface area (Å²) < 4.78 is 87.4. The summed E-state index contributed by atoms with van der Waals surface area (Å²) in [5.41, 5.74) is 4.50. The highest BCUT2D eigenvalue weighted by Gasteiger charge is 2.50. The topological polar surface area (TPSA) is 374 Å². The van der Waals surface area contributed by atoms with Crippen LogP contribution in [0.1, 0.15) is 118 Å². The molecule has 3 aromatic heterocycles. The molecule has 0 fully saturated rings. The number of H-pyrrole nitrogens is 1. The number of esters is 3. The van der Waals surface area contributed by atoms with Crippen LogP contribution in [0.4, 0.5) is 16.4 Å². The summed E-state index contributed by atoms with van der Waals surface area (Å²) in [5, 5.41) is 15.2. The molecule has 30 nitrogen and oxygen atoms in total. The van der Waals surface area contributed by atoms with Crippen molar-refractivity contribution in [2.24, 2.45) is 22.7 Å². The molecule has 1 unspecified atom stereocenters. The third-order valence-corrected chi connectivity index (χ3v) is 19.1. The molecule has 0 radical (unpaired) electrons. The van der Waals surface area contributed by atoms with Crippen LogP contribution in [0.25, 0.3) is 11.1 Å². The Morgan fingerprint density at radius 3 is 2.03 bits per heavy atom. The van der Waals surface area contributed by atoms with Crippen LogP contribution >= 0.6 is 34.8 Å². The molecule has 0 aliphatic carbocycles. The number of carbonyl (C=O) groups is 5. The molecule has 4 aromatic carbocycles. The lowest BCUT2D eigenvalue weighted by molar-refractivity contribution is -0.148. The van der Waals surface area contributed by atoms with Crippen molar-refractivity contribution in [2.45, 2.75) is 130 Å². The van der Waals surface area contributed by atoms with Gasteiger partial charge in [-0.2, -0.15) is 20.1 Å². The number of nitrogens with zero attached hydrogens (tertiary/aromatic N) is 9. The number of benzene rings is 4. The maximum atomic E-state index is 13.5. The lowest BCUT2D eigenvalue weighted by Crippen LogP contribution is -2.48. The van der Waals surface area contributed by atoms with Crippen LogP contribution in [0.5, 0.6) is 17.6 Å². The van der Waals surface area contributed by atoms with Crippen LogP contribution in [0.15, 0.2) is 103 Å². The van der Waals surface area contributed by atoms with Crippen LogP contribution in [0.2, 0.25) is 10.0 Å². The van der Waals surface area contributed by atoms with E-state index in [4.69, 9.17) is 68.1 Å². The number of sulfonamides is 1. The van der Waals surface area contributed by atoms with Crippen LogP contribution < -0.4 is 40.4 Å². The molecule has 104 heavy (non-hydrogen) atoms. The number of oxime groups is 1. The molecular weight excluding hydrogens is 1460 g/mol. The number of ether oxygens (including phenoxy) is 6. The average Bonchev–Trinajstić information content (AvgIpc) is 1.59. The number of halogens is 3. The number of sulfone groups is 1. The van der Waals surface area contributed by atoms with Crippen molar-refractivity contribution < 1.29 is 74.1 Å². The van der Waals surface area contributed by atoms with Crippen LogP contribution in [-0.4, -0.2) is 157 Å². The van der Waals surface area contributed by atoms with Gasteiger partial charge in [0.05, 0.1) is 79.2 Å². The van der Waals surface area contributed by atoms with E-state index in [-0.39, 0.29) is 93.8 Å². The molecule has 0 spiro atoms. The maximum Gasteiger partial charge on any atom is 0.354 e. The molecule has 1 atom stereocenters. The Labute approximate surface area is 616 Å². The Hall–Kier alpha value is -9.47. The molecule has 3 N–H and O–H groups in total. The highest BCUT2D eigenvalue weighted by atomic mass is 35.5. The molecule has 0 saturated carbocycles. The number of hydrazone groups is 1. The second-order valence-corrected chi connectivity index (χ2v) is 29.5. The van der Waals surface area contributed by atoms with Crippen LogP contribution in [0, 0.1) is 26.2 Å². The molecule has 0 bridgehead atoms. The van der Waals surface area contributed by atoms with Gasteiger partial charge in [-0.05, 0) is 140 Å². The Morgan fingerprint density at radius 2 is 1.45 bits per heavy atom. The number of rotatable bonds is 20. The Morgan fingerprint density at radius 1 is 0.788 bits per heavy atom. The van der Waals surface area contributed by atoms with E-state index in [0.29, 0.717) is 83.3 Å². The van der Waals surface area contributed by atoms with Crippen molar-refractivity contribution in [3.8, 4) is 28.8 Å². The van der Waals surface area contributed by atoms with Gasteiger partial charge in [0.2, 0.25) is 11.8 Å². The number of aryl methyl sites for hydroxylation is 5. The van der Waals surface area contributed by atoms with Crippen molar-refractivity contribution in [3.63, 3.8) is 0 Å². The van der Waals surface area contributed by atoms with E-state index < -0.39 is 60.1 Å². The van der Waals surface area contributed by atoms with Crippen LogP contribution in [-0.2, 0) is 86.3 Å². The summed E-state index contributed by atoms with van der Waals surface area (Å²) in [4.78, 5) is 104. The number of para-hydroxylation sites is 1. The van der Waals surface area contributed by atoms with Crippen molar-refractivity contribution in [1.29, 1.82) is 0 Å². The molecule has 560 valence electrons. The average molecular weight is 1540 g/mol. The number of hydrogen-bond donors (Lipinski definition) is 3. The molecule has 35 heteroatoms. The van der Waals surface area contributed by atoms with Gasteiger partial charge in [0, 0.05) is 48.5 Å². The normalized spacial score (nSPS) is 14.8. The number of amides is 2. The van der Waals surface area contributed by atoms with Gasteiger partial charge >= 0.3 is 29.9 Å². The molecule has 10 rings (SSSR count). The minimum atomic E-state index is -4.20. The van der Waals surface area contributed by atoms with E-state index in [0.717, 1.165) is 35.8 Å². The van der Waals surface area contributed by atoms with Gasteiger partial charge < -0.3 is 38.4 Å². The first-order valence-electron chi connectivity index (χ1n) is 32.7. The minimum absolute atomic E-state index is 0.00623. The standard InChI is InChI=1S/C23H32N2O4.C16H18Cl2N2O4.C16H17N3O5S.C14H16ClN5O5S/c1-7-16-13-15(3)14-17(8-2)18(16)19-20(26)24-9-11-28-12-10-25(24)21(19)29-22(27)23(4,5)6;1-4-23-14(21)12-9-16(3,15(22)24-5-2)20(19-12)13-7-6-10(17)8-11(13)18;1-9-10(15(20)11-8-17-19(2)16(11)21)4-5-13(25(3,22)23)14(9)12-6-7-24-18-12;1-9-16-12(19-14(17-9)24-2)18-13(21)20-26(22,23)11-6-4-3-5-10(11)25-8-7-15/h13-14H,7-12H2,1-6H3;6-8H,4-5,9H2,1-3H3;4-5,8,17H,6-7H2,1-3H3;3-6H,7-8H2,1-2H3,(H2,16,17,18,19,20,21). The Balaban J connectivity index is 0.000000194. The van der Waals surface area contributed by atoms with Crippen LogP contribution in [0.3, 0.4) is 0 Å². The number of methoxy groups -OCH3 is 1. The maximum absolute atomic E-state index is 13.5. The van der Waals surface area contributed by atoms with Gasteiger partial charge in [-0.1, -0.05) is 72.0 Å². The van der Waals surface area contributed by atoms with Crippen molar-refractivity contribution in [1.82, 2.24) is 38.8 Å². The predicted octanol–water partition coefficient (Wildman–Crippen LogP) is 9.27. The molecule has 3 aliphatic rings. The SMILES string of the molecule is CCOC(=O)C1=NN(c2ccc(Cl)cc2Cl)C(C)(C(=O)OCC)C1.CCc1cc(C)cc(CC)c1-c1c(OC(=O)C(C)(C)C)n2n(c1=O)CCOCC2.COc1nc(C)nc(NC(=O)NS(=O)(=O)c2ccccc2OCCCl)n1.Cc1c(C(=O)c2c[nH]n(C)c2=O)ccc(S(C)(=O)=O)c1C1=NOCC1. The number of aromatic nitrogens is 7. The number of ketones is 1. The largest absolute Gasteiger partial charge is 0.491 e. The third-order valence-electron chi connectivity index (χ3n) is 15.9. The van der Waals surface area contributed by atoms with E-state index in [9.17, 15) is 50.4 Å². The predicted molar refractivity (Wildman–Crippen MR) is 390 cm³/mol. The minimum Gasteiger partial charge on any atom is -0.491 e. The highest BCUT2D eigenvalue weighted by molar-refractivity contribution is 7.91. The van der Waals surface area contributed by atoms with E-state index in [1.54, 1.807) is 68.2 Å². The van der Waals surface area contributed by atoms with Gasteiger partial charge in [0.15, 0.2) is 21.2 Å². The van der Waals surface area contributed by atoms with Crippen molar-refractivity contribution in [3.05, 3.63) is 148 Å². The van der Waals surface area contributed by atoms with E-state index >= 15 is 0 Å². The number of fused-ring (bicyclic) bond motifs is 1. The summed E-state index contributed by atoms with van der Waals surface area (Å²) in [7, 11) is -4.87. The zero-order chi connectivity index (χ0) is 76.8. The number of urea groups is 1. The first kappa shape index (κ1) is 81.8. The molecule has 0 saturated heterocycles. The molecule has 7 aromatic rings. The fourth-order valence-corrected chi connectivity index (χ4v) is 13.5. The fraction of sp³-hybridized carbons (Fsp3) is 0.420. The molecular formula is C69H83Cl3N12O18S2. The second kappa shape index (κ2) is 35.3. The van der Waals surface area contributed by atoms with Gasteiger partial charge in [0.25, 0.3) is 21.1 Å². The number of nitrogens with one attached hydrogen (secondary N) is 3. The third kappa shape index (κ3) is 19.5. The second-order valence-electron chi connectivity index (χ2n) is 24.6. The van der Waals surface area contributed by atoms with E-state index in [1.807, 2.05) is 25.5 Å². The quantitative estimate of drug-likeness (QED) is 0.0363. The molecule has 2 amide bonds. The summed E-state index contributed by atoms with van der Waals surface area (Å²) in [6, 6.07) is 16.7. The first-order valence-corrected chi connectivity index (χ1v) is 37.4. The lowest BCUT2D eigenvalue weighted by Gasteiger charge is -2.32. The first-order chi connectivity index (χ1) is 49.1. The summed E-state index contributed by atoms with van der Waals surface area (Å²) in [5.74, 6) is -1.17. The van der Waals surface area contributed by atoms with E-state index in [1.165, 1.54) is 65.9 Å². The fourth-order valence-electron chi connectivity index (χ4n) is 10.9. The summed E-state index contributed by atoms with van der Waals surface area (Å²) in [6.07, 6.45) is 4.54. The van der Waals surface area contributed by atoms with E-state index in [2.05, 4.69) is 68.5 Å². The number of aromatic amines is 1. The van der Waals surface area contributed by atoms with Crippen molar-refractivity contribution in [2.75, 3.05) is 69.2 Å². The zero-order valence-electron chi connectivity index (χ0n) is 59.9. The van der Waals surface area contributed by atoms with Crippen molar-refractivity contribution >= 4 is 107 Å². The van der Waals surface area contributed by atoms with Gasteiger partial charge in [0.1, 0.15) is 46.5 Å². The Kier molecular flexibility index (Phi) is 27.8. The zero-order valence-corrected chi connectivity index (χ0v) is 63.8. The number of carbonyl (C=O) groups excluding carboxylic acids is 5. The molecule has 3 aliphatic heterocycles. The number of anilines is 2. The number of hydrogen-bond acceptors (Lipinski definition) is 24. The molecule has 6 heterocycles. The van der Waals surface area contributed by atoms with Gasteiger partial charge in [-0.25, -0.2) is 50.3 Å². The monoisotopic (exact) mass is 1540 g/mol. The number of alkyl halides is 1.